The number of nitrogens with zero attached hydrogens (tertiary/aromatic N) is 1. The molecule has 6 heteroatoms. The maximum atomic E-state index is 11.9. The summed E-state index contributed by atoms with van der Waals surface area (Å²) >= 11 is 3.24. The Morgan fingerprint density at radius 2 is 2.06 bits per heavy atom. The molecule has 1 aromatic carbocycles. The fourth-order valence-corrected chi connectivity index (χ4v) is 1.73. The molecule has 0 radical (unpaired) electrons. The van der Waals surface area contributed by atoms with Crippen LogP contribution in [-0.2, 0) is 0 Å². The molecule has 2 aromatic rings. The van der Waals surface area contributed by atoms with E-state index in [1.807, 2.05) is 0 Å². The van der Waals surface area contributed by atoms with Gasteiger partial charge in [0, 0.05) is 12.4 Å². The second-order valence-corrected chi connectivity index (χ2v) is 4.34. The minimum absolute atomic E-state index is 0.00119. The van der Waals surface area contributed by atoms with Crippen molar-refractivity contribution in [2.75, 3.05) is 5.32 Å². The van der Waals surface area contributed by atoms with Crippen LogP contribution in [0.5, 0.6) is 11.5 Å². The van der Waals surface area contributed by atoms with Crippen LogP contribution in [0.3, 0.4) is 0 Å². The lowest BCUT2D eigenvalue weighted by Crippen LogP contribution is -2.12. The van der Waals surface area contributed by atoms with E-state index in [9.17, 15) is 15.0 Å². The van der Waals surface area contributed by atoms with Gasteiger partial charge in [-0.3, -0.25) is 9.78 Å². The number of nitrogens with one attached hydrogen (secondary N) is 1. The molecule has 0 atom stereocenters. The van der Waals surface area contributed by atoms with E-state index in [0.29, 0.717) is 10.2 Å². The molecule has 3 N–H and O–H groups in total. The highest BCUT2D eigenvalue weighted by molar-refractivity contribution is 9.10. The molecule has 0 fully saturated rings. The minimum atomic E-state index is -0.518. The Balaban J connectivity index is 2.28. The summed E-state index contributed by atoms with van der Waals surface area (Å²) in [5, 5.41) is 21.5. The number of aromatic nitrogens is 1. The highest BCUT2D eigenvalue weighted by Gasteiger charge is 2.14. The fraction of sp³-hybridized carbons (Fsp3) is 0. The largest absolute Gasteiger partial charge is 0.504 e. The summed E-state index contributed by atoms with van der Waals surface area (Å²) in [6.07, 6.45) is 3.07. The van der Waals surface area contributed by atoms with E-state index in [4.69, 9.17) is 0 Å². The topological polar surface area (TPSA) is 82.5 Å². The number of carbonyl (C=O) groups excluding carboxylic acids is 1. The van der Waals surface area contributed by atoms with E-state index in [2.05, 4.69) is 26.2 Å². The first kappa shape index (κ1) is 12.4. The van der Waals surface area contributed by atoms with Crippen LogP contribution in [0.2, 0.25) is 0 Å². The zero-order chi connectivity index (χ0) is 13.1. The van der Waals surface area contributed by atoms with Gasteiger partial charge >= 0.3 is 0 Å². The number of anilines is 1. The van der Waals surface area contributed by atoms with E-state index >= 15 is 0 Å². The van der Waals surface area contributed by atoms with E-state index in [0.717, 1.165) is 0 Å². The molecule has 0 saturated heterocycles. The number of halogens is 1. The van der Waals surface area contributed by atoms with E-state index in [-0.39, 0.29) is 11.3 Å². The summed E-state index contributed by atoms with van der Waals surface area (Å²) in [5.74, 6) is -1.30. The number of phenolic OH excluding ortho intramolecular Hbond substituents is 2. The van der Waals surface area contributed by atoms with Crippen molar-refractivity contribution in [2.24, 2.45) is 0 Å². The molecule has 0 unspecified atom stereocenters. The zero-order valence-corrected chi connectivity index (χ0v) is 10.7. The van der Waals surface area contributed by atoms with Crippen LogP contribution < -0.4 is 5.32 Å². The predicted octanol–water partition coefficient (Wildman–Crippen LogP) is 2.51. The van der Waals surface area contributed by atoms with Crippen molar-refractivity contribution >= 4 is 27.5 Å². The lowest BCUT2D eigenvalue weighted by molar-refractivity contribution is 0.102. The quantitative estimate of drug-likeness (QED) is 0.744. The maximum absolute atomic E-state index is 11.9. The van der Waals surface area contributed by atoms with Crippen molar-refractivity contribution < 1.29 is 15.0 Å². The Bertz CT molecular complexity index is 602. The van der Waals surface area contributed by atoms with Crippen LogP contribution in [0, 0.1) is 0 Å². The van der Waals surface area contributed by atoms with Gasteiger partial charge in [0.05, 0.1) is 15.7 Å². The molecular weight excluding hydrogens is 300 g/mol. The first-order chi connectivity index (χ1) is 8.59. The number of benzene rings is 1. The number of pyridine rings is 1. The first-order valence-electron chi connectivity index (χ1n) is 5.01. The summed E-state index contributed by atoms with van der Waals surface area (Å²) < 4.78 is 0.623. The molecule has 0 bridgehead atoms. The molecule has 0 spiro atoms. The van der Waals surface area contributed by atoms with Gasteiger partial charge in [-0.15, -0.1) is 0 Å². The number of aromatic hydroxyl groups is 2. The van der Waals surface area contributed by atoms with Gasteiger partial charge in [-0.2, -0.15) is 0 Å². The van der Waals surface area contributed by atoms with Gasteiger partial charge in [-0.05, 0) is 34.1 Å². The first-order valence-corrected chi connectivity index (χ1v) is 5.80. The summed E-state index contributed by atoms with van der Waals surface area (Å²) in [6.45, 7) is 0. The van der Waals surface area contributed by atoms with Gasteiger partial charge < -0.3 is 15.5 Å². The SMILES string of the molecule is O=C(Nc1ccncc1Br)c1cccc(O)c1O. The third kappa shape index (κ3) is 2.43. The molecule has 18 heavy (non-hydrogen) atoms. The molecule has 1 aromatic heterocycles. The van der Waals surface area contributed by atoms with Crippen molar-refractivity contribution in [3.05, 3.63) is 46.7 Å². The molecule has 0 aliphatic rings. The van der Waals surface area contributed by atoms with Crippen molar-refractivity contribution in [1.82, 2.24) is 4.98 Å². The molecule has 2 rings (SSSR count). The molecule has 92 valence electrons. The van der Waals surface area contributed by atoms with Crippen LogP contribution in [0.15, 0.2) is 41.1 Å². The standard InChI is InChI=1S/C12H9BrN2O3/c13-8-6-14-5-4-9(8)15-12(18)7-2-1-3-10(16)11(7)17/h1-6,16-17H,(H,14,15,18). The lowest BCUT2D eigenvalue weighted by Gasteiger charge is -2.08. The maximum Gasteiger partial charge on any atom is 0.259 e. The Morgan fingerprint density at radius 3 is 2.78 bits per heavy atom. The molecular formula is C12H9BrN2O3. The Morgan fingerprint density at radius 1 is 1.28 bits per heavy atom. The average molecular weight is 309 g/mol. The molecule has 1 amide bonds. The zero-order valence-electron chi connectivity index (χ0n) is 9.09. The molecule has 5 nitrogen and oxygen atoms in total. The van der Waals surface area contributed by atoms with Gasteiger partial charge in [0.1, 0.15) is 0 Å². The van der Waals surface area contributed by atoms with Crippen molar-refractivity contribution in [3.63, 3.8) is 0 Å². The van der Waals surface area contributed by atoms with Gasteiger partial charge in [-0.25, -0.2) is 0 Å². The minimum Gasteiger partial charge on any atom is -0.504 e. The molecule has 0 aliphatic carbocycles. The van der Waals surface area contributed by atoms with Gasteiger partial charge in [-0.1, -0.05) is 6.07 Å². The lowest BCUT2D eigenvalue weighted by atomic mass is 10.1. The Kier molecular flexibility index (Phi) is 3.47. The molecule has 0 saturated carbocycles. The number of hydrogen-bond donors (Lipinski definition) is 3. The van der Waals surface area contributed by atoms with Gasteiger partial charge in [0.25, 0.3) is 5.91 Å². The number of hydrogen-bond acceptors (Lipinski definition) is 4. The molecule has 0 aliphatic heterocycles. The summed E-state index contributed by atoms with van der Waals surface area (Å²) in [5.41, 5.74) is 0.524. The third-order valence-electron chi connectivity index (χ3n) is 2.28. The molecule has 1 heterocycles. The van der Waals surface area contributed by atoms with Crippen molar-refractivity contribution in [2.45, 2.75) is 0 Å². The fourth-order valence-electron chi connectivity index (χ4n) is 1.38. The number of phenols is 2. The average Bonchev–Trinajstić information content (AvgIpc) is 2.35. The number of para-hydroxylation sites is 1. The van der Waals surface area contributed by atoms with Crippen LogP contribution in [0.25, 0.3) is 0 Å². The summed E-state index contributed by atoms with van der Waals surface area (Å²) in [6, 6.07) is 5.81. The van der Waals surface area contributed by atoms with Gasteiger partial charge in [0.2, 0.25) is 0 Å². The van der Waals surface area contributed by atoms with Gasteiger partial charge in [0.15, 0.2) is 11.5 Å². The van der Waals surface area contributed by atoms with E-state index in [1.165, 1.54) is 30.6 Å². The van der Waals surface area contributed by atoms with Crippen LogP contribution in [0.1, 0.15) is 10.4 Å². The number of amides is 1. The van der Waals surface area contributed by atoms with Crippen molar-refractivity contribution in [3.8, 4) is 11.5 Å². The Hall–Kier alpha value is -2.08. The van der Waals surface area contributed by atoms with Crippen LogP contribution in [-0.4, -0.2) is 21.1 Å². The normalized spacial score (nSPS) is 10.1. The summed E-state index contributed by atoms with van der Waals surface area (Å²) in [4.78, 5) is 15.8. The highest BCUT2D eigenvalue weighted by atomic mass is 79.9. The monoisotopic (exact) mass is 308 g/mol. The third-order valence-corrected chi connectivity index (χ3v) is 2.91. The Labute approximate surface area is 111 Å². The number of rotatable bonds is 2. The van der Waals surface area contributed by atoms with E-state index < -0.39 is 11.7 Å². The second kappa shape index (κ2) is 5.05. The smallest absolute Gasteiger partial charge is 0.259 e. The second-order valence-electron chi connectivity index (χ2n) is 3.48. The summed E-state index contributed by atoms with van der Waals surface area (Å²) in [7, 11) is 0. The number of carbonyl (C=O) groups is 1. The van der Waals surface area contributed by atoms with Crippen molar-refractivity contribution in [1.29, 1.82) is 0 Å². The van der Waals surface area contributed by atoms with E-state index in [1.54, 1.807) is 6.07 Å². The predicted molar refractivity (Wildman–Crippen MR) is 69.7 cm³/mol. The highest BCUT2D eigenvalue weighted by Crippen LogP contribution is 2.29. The van der Waals surface area contributed by atoms with Crippen LogP contribution >= 0.6 is 15.9 Å². The van der Waals surface area contributed by atoms with Crippen LogP contribution in [0.4, 0.5) is 5.69 Å².